The van der Waals surface area contributed by atoms with Gasteiger partial charge in [-0.3, -0.25) is 14.4 Å². The van der Waals surface area contributed by atoms with Crippen molar-refractivity contribution in [3.63, 3.8) is 0 Å². The van der Waals surface area contributed by atoms with Gasteiger partial charge in [0.1, 0.15) is 6.04 Å². The van der Waals surface area contributed by atoms with E-state index >= 15 is 0 Å². The number of aromatic nitrogens is 1. The van der Waals surface area contributed by atoms with Crippen molar-refractivity contribution in [1.29, 1.82) is 0 Å². The van der Waals surface area contributed by atoms with Crippen molar-refractivity contribution < 1.29 is 19.1 Å². The Morgan fingerprint density at radius 3 is 2.91 bits per heavy atom. The van der Waals surface area contributed by atoms with Crippen molar-refractivity contribution in [2.45, 2.75) is 25.4 Å². The number of rotatable bonds is 5. The van der Waals surface area contributed by atoms with Crippen molar-refractivity contribution in [2.24, 2.45) is 0 Å². The number of hydrogen-bond donors (Lipinski definition) is 2. The van der Waals surface area contributed by atoms with E-state index in [9.17, 15) is 14.4 Å². The molecule has 0 saturated carbocycles. The van der Waals surface area contributed by atoms with Gasteiger partial charge in [0.25, 0.3) is 11.8 Å². The molecule has 8 nitrogen and oxygen atoms in total. The third-order valence-electron chi connectivity index (χ3n) is 6.15. The smallest absolute Gasteiger partial charge is 0.256 e. The molecule has 3 aromatic rings. The molecule has 2 aliphatic heterocycles. The number of ether oxygens (including phenoxy) is 1. The minimum Gasteiger partial charge on any atom is -0.383 e. The number of benzene rings is 2. The number of amides is 3. The summed E-state index contributed by atoms with van der Waals surface area (Å²) in [4.78, 5) is 40.0. The lowest BCUT2D eigenvalue weighted by atomic mass is 10.1. The predicted octanol–water partition coefficient (Wildman–Crippen LogP) is 3.10. The lowest BCUT2D eigenvalue weighted by Gasteiger charge is -2.20. The van der Waals surface area contributed by atoms with Crippen LogP contribution in [0, 0.1) is 0 Å². The van der Waals surface area contributed by atoms with Gasteiger partial charge in [-0.05, 0) is 54.6 Å². The third kappa shape index (κ3) is 3.52. The molecule has 2 N–H and O–H groups in total. The van der Waals surface area contributed by atoms with Crippen molar-refractivity contribution in [2.75, 3.05) is 30.9 Å². The molecule has 0 spiro atoms. The summed E-state index contributed by atoms with van der Waals surface area (Å²) < 4.78 is 7.21. The molecule has 1 fully saturated rings. The van der Waals surface area contributed by atoms with Gasteiger partial charge in [-0.25, -0.2) is 0 Å². The highest BCUT2D eigenvalue weighted by atomic mass is 16.5. The van der Waals surface area contributed by atoms with Crippen molar-refractivity contribution in [3.05, 3.63) is 59.8 Å². The fourth-order valence-corrected chi connectivity index (χ4v) is 4.47. The van der Waals surface area contributed by atoms with Gasteiger partial charge in [0.15, 0.2) is 0 Å². The van der Waals surface area contributed by atoms with Gasteiger partial charge in [0, 0.05) is 43.2 Å². The van der Waals surface area contributed by atoms with Crippen molar-refractivity contribution in [3.8, 4) is 0 Å². The summed E-state index contributed by atoms with van der Waals surface area (Å²) in [6, 6.07) is 12.1. The Morgan fingerprint density at radius 2 is 2.06 bits per heavy atom. The number of nitrogens with zero attached hydrogens (tertiary/aromatic N) is 2. The Bertz CT molecular complexity index is 1230. The van der Waals surface area contributed by atoms with Crippen LogP contribution in [0.1, 0.15) is 33.6 Å². The van der Waals surface area contributed by atoms with E-state index in [4.69, 9.17) is 4.74 Å². The summed E-state index contributed by atoms with van der Waals surface area (Å²) >= 11 is 0. The van der Waals surface area contributed by atoms with Crippen LogP contribution >= 0.6 is 0 Å². The molecular formula is C24H24N4O4. The molecule has 1 atom stereocenters. The van der Waals surface area contributed by atoms with E-state index in [0.29, 0.717) is 48.6 Å². The van der Waals surface area contributed by atoms with Crippen LogP contribution in [0.4, 0.5) is 11.4 Å². The quantitative estimate of drug-likeness (QED) is 0.648. The maximum absolute atomic E-state index is 13.0. The van der Waals surface area contributed by atoms with E-state index in [1.165, 1.54) is 0 Å². The molecule has 0 radical (unpaired) electrons. The molecule has 8 heteroatoms. The Balaban J connectivity index is 1.40. The van der Waals surface area contributed by atoms with Crippen LogP contribution in [-0.4, -0.2) is 53.5 Å². The lowest BCUT2D eigenvalue weighted by Crippen LogP contribution is -2.40. The molecular weight excluding hydrogens is 408 g/mol. The average molecular weight is 432 g/mol. The topological polar surface area (TPSA) is 92.7 Å². The van der Waals surface area contributed by atoms with Gasteiger partial charge in [-0.2, -0.15) is 0 Å². The monoisotopic (exact) mass is 432 g/mol. The number of fused-ring (bicyclic) bond motifs is 3. The summed E-state index contributed by atoms with van der Waals surface area (Å²) in [6.07, 6.45) is 3.46. The third-order valence-corrected chi connectivity index (χ3v) is 6.15. The molecule has 1 unspecified atom stereocenters. The largest absolute Gasteiger partial charge is 0.383 e. The van der Waals surface area contributed by atoms with Gasteiger partial charge in [0.2, 0.25) is 5.91 Å². The minimum absolute atomic E-state index is 0.156. The van der Waals surface area contributed by atoms with E-state index in [2.05, 4.69) is 10.6 Å². The van der Waals surface area contributed by atoms with E-state index in [1.54, 1.807) is 36.3 Å². The Kier molecular flexibility index (Phi) is 5.14. The van der Waals surface area contributed by atoms with Crippen LogP contribution in [0.2, 0.25) is 0 Å². The first-order valence-electron chi connectivity index (χ1n) is 10.7. The lowest BCUT2D eigenvalue weighted by molar-refractivity contribution is -0.119. The highest BCUT2D eigenvalue weighted by Crippen LogP contribution is 2.30. The Labute approximate surface area is 185 Å². The maximum atomic E-state index is 13.0. The molecule has 164 valence electrons. The SMILES string of the molecule is COCCn1ccc2ccc(C(=O)Nc3ccc4c(c3)C(=O)N3CCCC3C(=O)N4)cc21. The molecule has 2 aliphatic rings. The van der Waals surface area contributed by atoms with Crippen LogP contribution in [0.15, 0.2) is 48.7 Å². The normalized spacial score (nSPS) is 17.7. The summed E-state index contributed by atoms with van der Waals surface area (Å²) in [7, 11) is 1.66. The zero-order valence-corrected chi connectivity index (χ0v) is 17.8. The van der Waals surface area contributed by atoms with Gasteiger partial charge in [0.05, 0.1) is 17.9 Å². The number of nitrogens with one attached hydrogen (secondary N) is 2. The van der Waals surface area contributed by atoms with E-state index in [1.807, 2.05) is 29.0 Å². The first kappa shape index (κ1) is 20.3. The van der Waals surface area contributed by atoms with Gasteiger partial charge < -0.3 is 24.8 Å². The number of anilines is 2. The highest BCUT2D eigenvalue weighted by Gasteiger charge is 2.38. The number of carbonyl (C=O) groups is 3. The molecule has 5 rings (SSSR count). The van der Waals surface area contributed by atoms with Crippen LogP contribution in [-0.2, 0) is 16.1 Å². The van der Waals surface area contributed by atoms with E-state index in [-0.39, 0.29) is 17.7 Å². The number of methoxy groups -OCH3 is 1. The van der Waals surface area contributed by atoms with Gasteiger partial charge in [-0.1, -0.05) is 6.07 Å². The molecule has 3 heterocycles. The van der Waals surface area contributed by atoms with Crippen LogP contribution in [0.25, 0.3) is 10.9 Å². The zero-order valence-electron chi connectivity index (χ0n) is 17.8. The Hall–Kier alpha value is -3.65. The highest BCUT2D eigenvalue weighted by molar-refractivity contribution is 6.12. The van der Waals surface area contributed by atoms with Gasteiger partial charge >= 0.3 is 0 Å². The van der Waals surface area contributed by atoms with Crippen LogP contribution < -0.4 is 10.6 Å². The summed E-state index contributed by atoms with van der Waals surface area (Å²) in [5, 5.41) is 6.78. The fraction of sp³-hybridized carbons (Fsp3) is 0.292. The molecule has 2 aromatic carbocycles. The average Bonchev–Trinajstić information content (AvgIpc) is 3.43. The predicted molar refractivity (Wildman–Crippen MR) is 121 cm³/mol. The fourth-order valence-electron chi connectivity index (χ4n) is 4.47. The molecule has 1 saturated heterocycles. The minimum atomic E-state index is -0.422. The standard InChI is InChI=1S/C24H24N4O4/c1-32-12-11-27-10-8-15-4-5-16(13-21(15)27)22(29)25-17-6-7-19-18(14-17)24(31)28-9-2-3-20(28)23(30)26-19/h4-8,10,13-14,20H,2-3,9,11-12H2,1H3,(H,25,29)(H,26,30). The van der Waals surface area contributed by atoms with E-state index in [0.717, 1.165) is 17.3 Å². The number of hydrogen-bond acceptors (Lipinski definition) is 4. The first-order valence-corrected chi connectivity index (χ1v) is 10.7. The number of carbonyl (C=O) groups excluding carboxylic acids is 3. The van der Waals surface area contributed by atoms with Crippen molar-refractivity contribution >= 4 is 40.0 Å². The summed E-state index contributed by atoms with van der Waals surface area (Å²) in [5.74, 6) is -0.610. The molecule has 1 aromatic heterocycles. The van der Waals surface area contributed by atoms with Crippen molar-refractivity contribution in [1.82, 2.24) is 9.47 Å². The van der Waals surface area contributed by atoms with Gasteiger partial charge in [-0.15, -0.1) is 0 Å². The zero-order chi connectivity index (χ0) is 22.2. The van der Waals surface area contributed by atoms with Crippen LogP contribution in [0.5, 0.6) is 0 Å². The molecule has 32 heavy (non-hydrogen) atoms. The van der Waals surface area contributed by atoms with E-state index < -0.39 is 6.04 Å². The maximum Gasteiger partial charge on any atom is 0.256 e. The summed E-state index contributed by atoms with van der Waals surface area (Å²) in [5.41, 5.74) is 2.84. The van der Waals surface area contributed by atoms with Crippen LogP contribution in [0.3, 0.4) is 0 Å². The molecule has 0 aliphatic carbocycles. The molecule has 3 amide bonds. The summed E-state index contributed by atoms with van der Waals surface area (Å²) in [6.45, 7) is 1.84. The second-order valence-electron chi connectivity index (χ2n) is 8.14. The molecule has 0 bridgehead atoms. The second kappa shape index (κ2) is 8.12. The first-order chi connectivity index (χ1) is 15.5. The Morgan fingerprint density at radius 1 is 1.19 bits per heavy atom. The second-order valence-corrected chi connectivity index (χ2v) is 8.14.